The molecule has 0 heterocycles. The smallest absolute Gasteiger partial charge is 0.311 e. The molecular formula is C14H32O2Si3. The molecule has 0 amide bonds. The summed E-state index contributed by atoms with van der Waals surface area (Å²) in [4.78, 5) is 0. The van der Waals surface area contributed by atoms with Gasteiger partial charge in [0.15, 0.2) is 16.6 Å². The van der Waals surface area contributed by atoms with Gasteiger partial charge in [0, 0.05) is 0 Å². The van der Waals surface area contributed by atoms with E-state index in [1.165, 1.54) is 0 Å². The van der Waals surface area contributed by atoms with Gasteiger partial charge in [0.05, 0.1) is 0 Å². The van der Waals surface area contributed by atoms with E-state index >= 15 is 0 Å². The molecule has 0 aliphatic rings. The SMILES string of the molecule is C=CCC[Si](C)(C)O[Si](C)(C)O[Si](C)(C)CCC=C. The summed E-state index contributed by atoms with van der Waals surface area (Å²) in [6.07, 6.45) is 6.05. The Morgan fingerprint density at radius 2 is 1.05 bits per heavy atom. The van der Waals surface area contributed by atoms with Crippen LogP contribution in [0.25, 0.3) is 0 Å². The highest BCUT2D eigenvalue weighted by atomic mass is 28.5. The molecule has 0 aliphatic carbocycles. The van der Waals surface area contributed by atoms with E-state index in [-0.39, 0.29) is 0 Å². The van der Waals surface area contributed by atoms with Gasteiger partial charge in [-0.15, -0.1) is 13.2 Å². The van der Waals surface area contributed by atoms with E-state index in [1.807, 2.05) is 12.2 Å². The summed E-state index contributed by atoms with van der Waals surface area (Å²) >= 11 is 0. The minimum Gasteiger partial charge on any atom is -0.436 e. The van der Waals surface area contributed by atoms with E-state index in [0.717, 1.165) is 24.9 Å². The molecule has 0 bridgehead atoms. The summed E-state index contributed by atoms with van der Waals surface area (Å²) in [7, 11) is -5.27. The van der Waals surface area contributed by atoms with Crippen molar-refractivity contribution in [1.82, 2.24) is 0 Å². The van der Waals surface area contributed by atoms with Crippen molar-refractivity contribution in [3.05, 3.63) is 25.3 Å². The van der Waals surface area contributed by atoms with Crippen molar-refractivity contribution in [2.75, 3.05) is 0 Å². The topological polar surface area (TPSA) is 18.5 Å². The maximum Gasteiger partial charge on any atom is 0.311 e. The molecule has 0 aliphatic heterocycles. The van der Waals surface area contributed by atoms with Gasteiger partial charge >= 0.3 is 8.56 Å². The second-order valence-corrected chi connectivity index (χ2v) is 19.2. The highest BCUT2D eigenvalue weighted by Gasteiger charge is 2.38. The lowest BCUT2D eigenvalue weighted by Gasteiger charge is -2.38. The molecule has 0 rings (SSSR count). The third-order valence-electron chi connectivity index (χ3n) is 2.95. The predicted octanol–water partition coefficient (Wildman–Crippen LogP) is 5.28. The van der Waals surface area contributed by atoms with Gasteiger partial charge in [-0.3, -0.25) is 0 Å². The lowest BCUT2D eigenvalue weighted by atomic mass is 10.5. The molecule has 0 aromatic heterocycles. The van der Waals surface area contributed by atoms with Crippen LogP contribution in [-0.4, -0.2) is 25.2 Å². The van der Waals surface area contributed by atoms with E-state index in [1.54, 1.807) is 0 Å². The van der Waals surface area contributed by atoms with E-state index in [0.29, 0.717) is 0 Å². The van der Waals surface area contributed by atoms with Gasteiger partial charge in [0.1, 0.15) is 0 Å². The first-order valence-electron chi connectivity index (χ1n) is 7.16. The molecule has 112 valence electrons. The lowest BCUT2D eigenvalue weighted by Crippen LogP contribution is -2.52. The summed E-state index contributed by atoms with van der Waals surface area (Å²) in [6.45, 7) is 21.1. The van der Waals surface area contributed by atoms with Gasteiger partial charge in [-0.1, -0.05) is 12.2 Å². The Balaban J connectivity index is 4.52. The second-order valence-electron chi connectivity index (χ2n) is 6.78. The van der Waals surface area contributed by atoms with Crippen LogP contribution in [0.2, 0.25) is 51.4 Å². The van der Waals surface area contributed by atoms with Gasteiger partial charge < -0.3 is 8.23 Å². The zero-order valence-corrected chi connectivity index (χ0v) is 16.7. The van der Waals surface area contributed by atoms with Crippen molar-refractivity contribution in [2.24, 2.45) is 0 Å². The number of allylic oxidation sites excluding steroid dienone is 2. The Hall–Kier alpha value is 0.0506. The van der Waals surface area contributed by atoms with Crippen LogP contribution in [0.15, 0.2) is 25.3 Å². The molecule has 2 nitrogen and oxygen atoms in total. The fourth-order valence-corrected chi connectivity index (χ4v) is 16.2. The molecule has 0 saturated carbocycles. The van der Waals surface area contributed by atoms with Crippen molar-refractivity contribution >= 4 is 25.2 Å². The Bertz CT molecular complexity index is 271. The van der Waals surface area contributed by atoms with Crippen LogP contribution in [0, 0.1) is 0 Å². The first-order valence-corrected chi connectivity index (χ1v) is 16.2. The van der Waals surface area contributed by atoms with Crippen LogP contribution in [0.5, 0.6) is 0 Å². The van der Waals surface area contributed by atoms with Gasteiger partial charge in [0.25, 0.3) is 0 Å². The minimum atomic E-state index is -2.02. The molecular weight excluding hydrogens is 284 g/mol. The average molecular weight is 317 g/mol. The van der Waals surface area contributed by atoms with Gasteiger partial charge in [-0.2, -0.15) is 0 Å². The number of hydrogen-bond donors (Lipinski definition) is 0. The molecule has 0 radical (unpaired) electrons. The molecule has 0 atom stereocenters. The van der Waals surface area contributed by atoms with E-state index in [4.69, 9.17) is 8.23 Å². The molecule has 0 saturated heterocycles. The van der Waals surface area contributed by atoms with Gasteiger partial charge in [-0.05, 0) is 64.2 Å². The Morgan fingerprint density at radius 3 is 1.32 bits per heavy atom. The Morgan fingerprint density at radius 1 is 0.737 bits per heavy atom. The van der Waals surface area contributed by atoms with Crippen molar-refractivity contribution in [1.29, 1.82) is 0 Å². The summed E-state index contributed by atoms with van der Waals surface area (Å²) < 4.78 is 12.9. The predicted molar refractivity (Wildman–Crippen MR) is 93.9 cm³/mol. The fraction of sp³-hybridized carbons (Fsp3) is 0.714. The van der Waals surface area contributed by atoms with Gasteiger partial charge in [0.2, 0.25) is 0 Å². The van der Waals surface area contributed by atoms with Crippen molar-refractivity contribution < 1.29 is 8.23 Å². The zero-order chi connectivity index (χ0) is 15.2. The van der Waals surface area contributed by atoms with Crippen molar-refractivity contribution in [2.45, 2.75) is 64.2 Å². The van der Waals surface area contributed by atoms with Crippen LogP contribution in [0.3, 0.4) is 0 Å². The fourth-order valence-electron chi connectivity index (χ4n) is 2.35. The first kappa shape index (κ1) is 19.1. The molecule has 0 fully saturated rings. The quantitative estimate of drug-likeness (QED) is 0.403. The molecule has 0 unspecified atom stereocenters. The Labute approximate surface area is 123 Å². The molecule has 0 N–H and O–H groups in total. The van der Waals surface area contributed by atoms with Crippen molar-refractivity contribution in [3.63, 3.8) is 0 Å². The summed E-state index contributed by atoms with van der Waals surface area (Å²) in [5.41, 5.74) is 0. The maximum absolute atomic E-state index is 6.46. The van der Waals surface area contributed by atoms with E-state index < -0.39 is 25.2 Å². The van der Waals surface area contributed by atoms with E-state index in [9.17, 15) is 0 Å². The molecule has 0 aromatic rings. The van der Waals surface area contributed by atoms with Crippen LogP contribution in [-0.2, 0) is 8.23 Å². The van der Waals surface area contributed by atoms with Crippen LogP contribution in [0.4, 0.5) is 0 Å². The zero-order valence-electron chi connectivity index (χ0n) is 13.7. The normalized spacial score (nSPS) is 13.4. The largest absolute Gasteiger partial charge is 0.436 e. The lowest BCUT2D eigenvalue weighted by molar-refractivity contribution is 0.388. The number of hydrogen-bond acceptors (Lipinski definition) is 2. The highest BCUT2D eigenvalue weighted by molar-refractivity contribution is 6.87. The summed E-state index contributed by atoms with van der Waals surface area (Å²) in [5.74, 6) is 0. The first-order chi connectivity index (χ1) is 8.54. The summed E-state index contributed by atoms with van der Waals surface area (Å²) in [6, 6.07) is 2.26. The maximum atomic E-state index is 6.46. The standard InChI is InChI=1S/C14H32O2Si3/c1-9-11-13-17(3,4)15-19(7,8)16-18(5,6)14-12-10-2/h9-10H,1-2,11-14H2,3-8H3. The third kappa shape index (κ3) is 9.56. The number of rotatable bonds is 10. The van der Waals surface area contributed by atoms with Crippen LogP contribution < -0.4 is 0 Å². The highest BCUT2D eigenvalue weighted by Crippen LogP contribution is 2.26. The summed E-state index contributed by atoms with van der Waals surface area (Å²) in [5, 5.41) is 0. The van der Waals surface area contributed by atoms with Crippen LogP contribution in [0.1, 0.15) is 12.8 Å². The molecule has 19 heavy (non-hydrogen) atoms. The second kappa shape index (κ2) is 7.73. The van der Waals surface area contributed by atoms with Crippen LogP contribution >= 0.6 is 0 Å². The molecule has 0 spiro atoms. The van der Waals surface area contributed by atoms with E-state index in [2.05, 4.69) is 52.4 Å². The minimum absolute atomic E-state index is 1.04. The average Bonchev–Trinajstić information content (AvgIpc) is 2.20. The Kier molecular flexibility index (Phi) is 7.75. The third-order valence-corrected chi connectivity index (χ3v) is 14.3. The van der Waals surface area contributed by atoms with Gasteiger partial charge in [-0.25, -0.2) is 0 Å². The van der Waals surface area contributed by atoms with Crippen molar-refractivity contribution in [3.8, 4) is 0 Å². The molecule has 5 heteroatoms. The monoisotopic (exact) mass is 316 g/mol. The molecule has 0 aromatic carbocycles.